The van der Waals surface area contributed by atoms with Crippen molar-refractivity contribution in [3.63, 3.8) is 0 Å². The second-order valence-electron chi connectivity index (χ2n) is 5.77. The number of benzene rings is 1. The molecular weight excluding hydrogens is 274 g/mol. The van der Waals surface area contributed by atoms with E-state index in [1.165, 1.54) is 0 Å². The molecule has 110 valence electrons. The van der Waals surface area contributed by atoms with Crippen molar-refractivity contribution in [1.29, 1.82) is 5.26 Å². The molecule has 0 aliphatic rings. The molecule has 4 heteroatoms. The molecule has 3 rings (SSSR count). The van der Waals surface area contributed by atoms with Crippen LogP contribution in [-0.4, -0.2) is 9.55 Å². The average molecular weight is 291 g/mol. The Morgan fingerprint density at radius 3 is 2.68 bits per heavy atom. The second kappa shape index (κ2) is 5.19. The molecular formula is C18H17N3O. The van der Waals surface area contributed by atoms with Crippen molar-refractivity contribution in [1.82, 2.24) is 9.55 Å². The zero-order chi connectivity index (χ0) is 15.9. The normalized spacial score (nSPS) is 11.0. The van der Waals surface area contributed by atoms with Gasteiger partial charge in [-0.2, -0.15) is 5.26 Å². The Kier molecular flexibility index (Phi) is 3.34. The van der Waals surface area contributed by atoms with Gasteiger partial charge in [0, 0.05) is 29.0 Å². The fraction of sp³-hybridized carbons (Fsp3) is 0.222. The van der Waals surface area contributed by atoms with Crippen LogP contribution in [0.5, 0.6) is 0 Å². The summed E-state index contributed by atoms with van der Waals surface area (Å²) in [7, 11) is 0. The molecule has 0 spiro atoms. The number of H-pyrrole nitrogens is 1. The van der Waals surface area contributed by atoms with Crippen LogP contribution in [0.1, 0.15) is 31.1 Å². The highest BCUT2D eigenvalue weighted by atomic mass is 16.1. The number of hydrogen-bond acceptors (Lipinski definition) is 2. The minimum Gasteiger partial charge on any atom is -0.345 e. The molecule has 0 saturated carbocycles. The van der Waals surface area contributed by atoms with Gasteiger partial charge >= 0.3 is 0 Å². The summed E-state index contributed by atoms with van der Waals surface area (Å²) in [4.78, 5) is 14.6. The topological polar surface area (TPSA) is 61.6 Å². The maximum Gasteiger partial charge on any atom is 0.266 e. The smallest absolute Gasteiger partial charge is 0.266 e. The van der Waals surface area contributed by atoms with Gasteiger partial charge in [0.15, 0.2) is 0 Å². The molecule has 0 unspecified atom stereocenters. The van der Waals surface area contributed by atoms with Gasteiger partial charge in [0.25, 0.3) is 5.56 Å². The molecule has 22 heavy (non-hydrogen) atoms. The predicted molar refractivity (Wildman–Crippen MR) is 87.8 cm³/mol. The lowest BCUT2D eigenvalue weighted by atomic mass is 10.00. The number of rotatable bonds is 2. The predicted octanol–water partition coefficient (Wildman–Crippen LogP) is 3.76. The number of aryl methyl sites for hydroxylation is 1. The third-order valence-electron chi connectivity index (χ3n) is 3.87. The summed E-state index contributed by atoms with van der Waals surface area (Å²) in [5, 5.41) is 10.4. The van der Waals surface area contributed by atoms with Gasteiger partial charge in [-0.15, -0.1) is 0 Å². The van der Waals surface area contributed by atoms with Gasteiger partial charge in [0.05, 0.1) is 0 Å². The van der Waals surface area contributed by atoms with E-state index in [-0.39, 0.29) is 11.1 Å². The van der Waals surface area contributed by atoms with E-state index in [2.05, 4.69) is 35.7 Å². The van der Waals surface area contributed by atoms with Gasteiger partial charge < -0.3 is 9.55 Å². The molecule has 0 radical (unpaired) electrons. The Morgan fingerprint density at radius 2 is 2.00 bits per heavy atom. The Balaban J connectivity index is 2.30. The first-order valence-electron chi connectivity index (χ1n) is 7.26. The lowest BCUT2D eigenvalue weighted by molar-refractivity contribution is 0.623. The highest BCUT2D eigenvalue weighted by molar-refractivity contribution is 5.86. The number of aromatic amines is 1. The van der Waals surface area contributed by atoms with Gasteiger partial charge in [0.1, 0.15) is 11.6 Å². The summed E-state index contributed by atoms with van der Waals surface area (Å²) in [5.74, 6) is 0. The molecule has 3 aromatic rings. The van der Waals surface area contributed by atoms with Crippen LogP contribution in [0.15, 0.2) is 41.3 Å². The first-order valence-corrected chi connectivity index (χ1v) is 7.26. The second-order valence-corrected chi connectivity index (χ2v) is 5.77. The largest absolute Gasteiger partial charge is 0.345 e. The van der Waals surface area contributed by atoms with Gasteiger partial charge in [-0.3, -0.25) is 4.79 Å². The van der Waals surface area contributed by atoms with E-state index in [0.717, 1.165) is 22.2 Å². The van der Waals surface area contributed by atoms with E-state index in [0.29, 0.717) is 11.6 Å². The Hall–Kier alpha value is -2.80. The van der Waals surface area contributed by atoms with Gasteiger partial charge in [-0.25, -0.2) is 0 Å². The van der Waals surface area contributed by atoms with Crippen LogP contribution in [0.4, 0.5) is 0 Å². The van der Waals surface area contributed by atoms with E-state index in [4.69, 9.17) is 0 Å². The number of nitrogens with zero attached hydrogens (tertiary/aromatic N) is 2. The van der Waals surface area contributed by atoms with Crippen LogP contribution in [0.3, 0.4) is 0 Å². The van der Waals surface area contributed by atoms with Crippen molar-refractivity contribution in [2.75, 3.05) is 0 Å². The lowest BCUT2D eigenvalue weighted by Crippen LogP contribution is -2.12. The molecule has 0 bridgehead atoms. The highest BCUT2D eigenvalue weighted by Crippen LogP contribution is 2.28. The summed E-state index contributed by atoms with van der Waals surface area (Å²) in [5.41, 5.74) is 3.25. The molecule has 0 amide bonds. The van der Waals surface area contributed by atoms with Crippen LogP contribution >= 0.6 is 0 Å². The number of pyridine rings is 1. The fourth-order valence-electron chi connectivity index (χ4n) is 2.79. The average Bonchev–Trinajstić information content (AvgIpc) is 2.89. The molecule has 2 heterocycles. The lowest BCUT2D eigenvalue weighted by Gasteiger charge is -2.11. The van der Waals surface area contributed by atoms with Crippen molar-refractivity contribution >= 4 is 10.9 Å². The third kappa shape index (κ3) is 2.21. The van der Waals surface area contributed by atoms with Crippen molar-refractivity contribution < 1.29 is 0 Å². The van der Waals surface area contributed by atoms with Crippen LogP contribution in [0.2, 0.25) is 0 Å². The summed E-state index contributed by atoms with van der Waals surface area (Å²) in [6, 6.07) is 12.3. The monoisotopic (exact) mass is 291 g/mol. The molecule has 4 nitrogen and oxygen atoms in total. The Bertz CT molecular complexity index is 955. The van der Waals surface area contributed by atoms with E-state index in [1.807, 2.05) is 37.3 Å². The van der Waals surface area contributed by atoms with Crippen LogP contribution in [0, 0.1) is 18.3 Å². The third-order valence-corrected chi connectivity index (χ3v) is 3.87. The molecule has 0 saturated heterocycles. The van der Waals surface area contributed by atoms with E-state index >= 15 is 0 Å². The van der Waals surface area contributed by atoms with E-state index in [1.54, 1.807) is 0 Å². The molecule has 0 fully saturated rings. The summed E-state index contributed by atoms with van der Waals surface area (Å²) >= 11 is 0. The number of nitrogens with one attached hydrogen (secondary N) is 1. The molecule has 1 aromatic carbocycles. The summed E-state index contributed by atoms with van der Waals surface area (Å²) in [6.07, 6.45) is 2.06. The quantitative estimate of drug-likeness (QED) is 0.781. The van der Waals surface area contributed by atoms with Crippen molar-refractivity contribution in [3.05, 3.63) is 58.1 Å². The van der Waals surface area contributed by atoms with Crippen LogP contribution in [0.25, 0.3) is 22.0 Å². The first-order chi connectivity index (χ1) is 10.5. The van der Waals surface area contributed by atoms with Crippen LogP contribution in [-0.2, 0) is 0 Å². The van der Waals surface area contributed by atoms with Gasteiger partial charge in [0.2, 0.25) is 0 Å². The minimum absolute atomic E-state index is 0.160. The van der Waals surface area contributed by atoms with Crippen LogP contribution < -0.4 is 5.56 Å². The van der Waals surface area contributed by atoms with E-state index in [9.17, 15) is 10.1 Å². The fourth-order valence-corrected chi connectivity index (χ4v) is 2.79. The maximum absolute atomic E-state index is 12.0. The van der Waals surface area contributed by atoms with E-state index < -0.39 is 0 Å². The maximum atomic E-state index is 12.0. The molecule has 0 aliphatic carbocycles. The standard InChI is InChI=1S/C18H17N3O/c1-11(2)21-7-6-13-4-5-14(9-17(13)21)15-8-12(3)20-18(22)16(15)10-19/h4-9,11H,1-3H3,(H,20,22). The zero-order valence-electron chi connectivity index (χ0n) is 12.8. The van der Waals surface area contributed by atoms with Crippen molar-refractivity contribution in [2.45, 2.75) is 26.8 Å². The van der Waals surface area contributed by atoms with Gasteiger partial charge in [-0.05, 0) is 49.9 Å². The number of hydrogen-bond donors (Lipinski definition) is 1. The van der Waals surface area contributed by atoms with Gasteiger partial charge in [-0.1, -0.05) is 12.1 Å². The Morgan fingerprint density at radius 1 is 1.23 bits per heavy atom. The summed E-state index contributed by atoms with van der Waals surface area (Å²) in [6.45, 7) is 6.08. The van der Waals surface area contributed by atoms with Crippen molar-refractivity contribution in [2.24, 2.45) is 0 Å². The van der Waals surface area contributed by atoms with Crippen molar-refractivity contribution in [3.8, 4) is 17.2 Å². The minimum atomic E-state index is -0.336. The summed E-state index contributed by atoms with van der Waals surface area (Å²) < 4.78 is 2.19. The number of fused-ring (bicyclic) bond motifs is 1. The number of nitriles is 1. The molecule has 0 atom stereocenters. The SMILES string of the molecule is Cc1cc(-c2ccc3ccn(C(C)C)c3c2)c(C#N)c(=O)[nH]1. The molecule has 2 aromatic heterocycles. The molecule has 1 N–H and O–H groups in total. The molecule has 0 aliphatic heterocycles. The zero-order valence-corrected chi connectivity index (χ0v) is 12.8. The number of aromatic nitrogens is 2. The highest BCUT2D eigenvalue weighted by Gasteiger charge is 2.12. The Labute approximate surface area is 128 Å². The first kappa shape index (κ1) is 14.2.